The summed E-state index contributed by atoms with van der Waals surface area (Å²) in [7, 11) is 2.17. The molecule has 1 aromatic heterocycles. The van der Waals surface area contributed by atoms with Gasteiger partial charge in [-0.15, -0.1) is 0 Å². The third kappa shape index (κ3) is 3.69. The Balaban J connectivity index is 1.69. The van der Waals surface area contributed by atoms with Crippen LogP contribution in [0.5, 0.6) is 0 Å². The second-order valence-corrected chi connectivity index (χ2v) is 7.92. The van der Waals surface area contributed by atoms with Crippen LogP contribution >= 0.6 is 0 Å². The number of halogens is 1. The minimum Gasteiger partial charge on any atom is -0.387 e. The Labute approximate surface area is 159 Å². The number of rotatable bonds is 4. The average Bonchev–Trinajstić information content (AvgIpc) is 3.05. The highest BCUT2D eigenvalue weighted by Crippen LogP contribution is 2.30. The SMILES string of the molecule is Cc1cccc(F)c1C1C=c2cnc(N)cc2=C(NC[C@@H]2CCN(C)C2)C1. The predicted octanol–water partition coefficient (Wildman–Crippen LogP) is 1.73. The molecule has 2 aliphatic rings. The first-order chi connectivity index (χ1) is 13.0. The molecule has 0 amide bonds. The van der Waals surface area contributed by atoms with Crippen LogP contribution in [0.3, 0.4) is 0 Å². The maximum Gasteiger partial charge on any atom is 0.127 e. The molecule has 1 aliphatic carbocycles. The lowest BCUT2D eigenvalue weighted by Gasteiger charge is -2.24. The monoisotopic (exact) mass is 366 g/mol. The van der Waals surface area contributed by atoms with Gasteiger partial charge in [0.15, 0.2) is 0 Å². The van der Waals surface area contributed by atoms with Gasteiger partial charge in [0.25, 0.3) is 0 Å². The van der Waals surface area contributed by atoms with Crippen LogP contribution in [0.15, 0.2) is 30.5 Å². The fourth-order valence-corrected chi connectivity index (χ4v) is 4.41. The van der Waals surface area contributed by atoms with E-state index in [0.29, 0.717) is 11.7 Å². The number of hydrogen-bond acceptors (Lipinski definition) is 4. The number of nitrogens with zero attached hydrogens (tertiary/aromatic N) is 2. The summed E-state index contributed by atoms with van der Waals surface area (Å²) in [6.45, 7) is 5.18. The van der Waals surface area contributed by atoms with E-state index < -0.39 is 0 Å². The number of pyridine rings is 1. The van der Waals surface area contributed by atoms with Crippen molar-refractivity contribution in [2.24, 2.45) is 5.92 Å². The Morgan fingerprint density at radius 2 is 2.22 bits per heavy atom. The van der Waals surface area contributed by atoms with Crippen LogP contribution in [0.25, 0.3) is 11.8 Å². The molecular formula is C22H27FN4. The Kier molecular flexibility index (Phi) is 4.87. The van der Waals surface area contributed by atoms with Crippen LogP contribution in [-0.2, 0) is 0 Å². The summed E-state index contributed by atoms with van der Waals surface area (Å²) < 4.78 is 14.6. The van der Waals surface area contributed by atoms with Crippen molar-refractivity contribution in [3.8, 4) is 0 Å². The van der Waals surface area contributed by atoms with Crippen molar-refractivity contribution in [1.29, 1.82) is 0 Å². The lowest BCUT2D eigenvalue weighted by molar-refractivity contribution is 0.393. The molecule has 5 heteroatoms. The van der Waals surface area contributed by atoms with Gasteiger partial charge in [0.2, 0.25) is 0 Å². The summed E-state index contributed by atoms with van der Waals surface area (Å²) >= 11 is 0. The van der Waals surface area contributed by atoms with Gasteiger partial charge in [0.1, 0.15) is 11.6 Å². The molecule has 2 heterocycles. The minimum absolute atomic E-state index is 0.00197. The van der Waals surface area contributed by atoms with Crippen molar-refractivity contribution in [3.05, 3.63) is 57.8 Å². The maximum atomic E-state index is 14.6. The van der Waals surface area contributed by atoms with Crippen molar-refractivity contribution in [3.63, 3.8) is 0 Å². The number of benzene rings is 1. The van der Waals surface area contributed by atoms with E-state index in [2.05, 4.69) is 28.3 Å². The summed E-state index contributed by atoms with van der Waals surface area (Å²) in [5.74, 6) is 1.02. The van der Waals surface area contributed by atoms with Gasteiger partial charge >= 0.3 is 0 Å². The first kappa shape index (κ1) is 18.0. The largest absolute Gasteiger partial charge is 0.387 e. The number of hydrogen-bond donors (Lipinski definition) is 2. The van der Waals surface area contributed by atoms with Crippen LogP contribution in [-0.4, -0.2) is 36.6 Å². The van der Waals surface area contributed by atoms with E-state index in [9.17, 15) is 4.39 Å². The molecule has 1 saturated heterocycles. The number of fused-ring (bicyclic) bond motifs is 1. The van der Waals surface area contributed by atoms with Gasteiger partial charge in [-0.1, -0.05) is 18.2 Å². The highest BCUT2D eigenvalue weighted by Gasteiger charge is 2.23. The van der Waals surface area contributed by atoms with Gasteiger partial charge in [0.05, 0.1) is 0 Å². The molecule has 0 radical (unpaired) electrons. The number of aromatic nitrogens is 1. The molecule has 4 nitrogen and oxygen atoms in total. The number of likely N-dealkylation sites (tertiary alicyclic amines) is 1. The van der Waals surface area contributed by atoms with Gasteiger partial charge in [-0.3, -0.25) is 0 Å². The fraction of sp³-hybridized carbons (Fsp3) is 0.409. The number of aryl methyl sites for hydroxylation is 1. The van der Waals surface area contributed by atoms with E-state index in [4.69, 9.17) is 5.73 Å². The fourth-order valence-electron chi connectivity index (χ4n) is 4.41. The number of anilines is 1. The third-order valence-electron chi connectivity index (χ3n) is 5.82. The predicted molar refractivity (Wildman–Crippen MR) is 108 cm³/mol. The van der Waals surface area contributed by atoms with Crippen LogP contribution in [0.2, 0.25) is 0 Å². The van der Waals surface area contributed by atoms with Crippen molar-refractivity contribution in [2.75, 3.05) is 32.4 Å². The molecule has 2 atom stereocenters. The van der Waals surface area contributed by atoms with Crippen molar-refractivity contribution >= 4 is 17.6 Å². The zero-order chi connectivity index (χ0) is 19.0. The molecule has 0 spiro atoms. The Morgan fingerprint density at radius 1 is 1.37 bits per heavy atom. The Hall–Kier alpha value is -2.40. The first-order valence-corrected chi connectivity index (χ1v) is 9.65. The van der Waals surface area contributed by atoms with Crippen molar-refractivity contribution in [1.82, 2.24) is 15.2 Å². The van der Waals surface area contributed by atoms with Crippen molar-refractivity contribution < 1.29 is 4.39 Å². The third-order valence-corrected chi connectivity index (χ3v) is 5.82. The van der Waals surface area contributed by atoms with E-state index in [1.807, 2.05) is 19.1 Å². The molecular weight excluding hydrogens is 339 g/mol. The number of nitrogen functional groups attached to an aromatic ring is 1. The second-order valence-electron chi connectivity index (χ2n) is 7.92. The molecule has 27 heavy (non-hydrogen) atoms. The molecule has 2 aromatic rings. The average molecular weight is 366 g/mol. The van der Waals surface area contributed by atoms with Crippen LogP contribution < -0.4 is 21.5 Å². The molecule has 4 rings (SSSR count). The van der Waals surface area contributed by atoms with E-state index >= 15 is 0 Å². The summed E-state index contributed by atoms with van der Waals surface area (Å²) in [5.41, 5.74) is 8.85. The molecule has 0 saturated carbocycles. The lowest BCUT2D eigenvalue weighted by atomic mass is 9.86. The molecule has 1 fully saturated rings. The van der Waals surface area contributed by atoms with Crippen LogP contribution in [0.4, 0.5) is 10.2 Å². The van der Waals surface area contributed by atoms with Gasteiger partial charge in [-0.25, -0.2) is 9.37 Å². The topological polar surface area (TPSA) is 54.2 Å². The molecule has 1 unspecified atom stereocenters. The van der Waals surface area contributed by atoms with E-state index in [1.54, 1.807) is 18.3 Å². The van der Waals surface area contributed by atoms with E-state index in [0.717, 1.165) is 53.3 Å². The molecule has 0 bridgehead atoms. The first-order valence-electron chi connectivity index (χ1n) is 9.65. The Bertz CT molecular complexity index is 949. The van der Waals surface area contributed by atoms with Crippen molar-refractivity contribution in [2.45, 2.75) is 25.7 Å². The van der Waals surface area contributed by atoms with Gasteiger partial charge in [-0.2, -0.15) is 0 Å². The summed E-state index contributed by atoms with van der Waals surface area (Å²) in [4.78, 5) is 6.62. The minimum atomic E-state index is -0.139. The molecule has 1 aromatic carbocycles. The quantitative estimate of drug-likeness (QED) is 0.865. The highest BCUT2D eigenvalue weighted by molar-refractivity contribution is 5.58. The smallest absolute Gasteiger partial charge is 0.127 e. The second kappa shape index (κ2) is 7.31. The summed E-state index contributed by atoms with van der Waals surface area (Å²) in [5, 5.41) is 5.79. The van der Waals surface area contributed by atoms with Crippen LogP contribution in [0, 0.1) is 18.7 Å². The number of nitrogens with two attached hydrogens (primary N) is 1. The summed E-state index contributed by atoms with van der Waals surface area (Å²) in [6.07, 6.45) is 5.89. The lowest BCUT2D eigenvalue weighted by Crippen LogP contribution is -2.38. The normalized spacial score (nSPS) is 22.4. The van der Waals surface area contributed by atoms with Gasteiger partial charge in [0, 0.05) is 36.1 Å². The molecule has 3 N–H and O–H groups in total. The van der Waals surface area contributed by atoms with Gasteiger partial charge in [-0.05, 0) is 67.8 Å². The van der Waals surface area contributed by atoms with Crippen LogP contribution in [0.1, 0.15) is 29.9 Å². The highest BCUT2D eigenvalue weighted by atomic mass is 19.1. The Morgan fingerprint density at radius 3 is 2.96 bits per heavy atom. The number of nitrogens with one attached hydrogen (secondary N) is 1. The van der Waals surface area contributed by atoms with Gasteiger partial charge < -0.3 is 16.0 Å². The van der Waals surface area contributed by atoms with E-state index in [1.165, 1.54) is 6.42 Å². The standard InChI is InChI=1S/C22H27FN4/c1-14-4-3-5-19(23)22(14)16-8-17-12-26-21(24)10-18(17)20(9-16)25-11-15-6-7-27(2)13-15/h3-5,8,10,12,15-16,25H,6-7,9,11,13,24H2,1-2H3/t15-,16?/m0/s1. The van der Waals surface area contributed by atoms with E-state index in [-0.39, 0.29) is 11.7 Å². The zero-order valence-corrected chi connectivity index (χ0v) is 16.0. The maximum absolute atomic E-state index is 14.6. The summed E-state index contributed by atoms with van der Waals surface area (Å²) in [6, 6.07) is 7.23. The zero-order valence-electron chi connectivity index (χ0n) is 16.0. The molecule has 1 aliphatic heterocycles. The molecule has 142 valence electrons.